The van der Waals surface area contributed by atoms with E-state index in [4.69, 9.17) is 38.9 Å². The van der Waals surface area contributed by atoms with E-state index in [1.54, 1.807) is 35.1 Å². The molecule has 4 aromatic heterocycles. The molecule has 0 spiro atoms. The highest BCUT2D eigenvalue weighted by Crippen LogP contribution is 2.47. The average Bonchev–Trinajstić information content (AvgIpc) is 4.01. The maximum Gasteiger partial charge on any atom is 0.188 e. The first-order valence-electron chi connectivity index (χ1n) is 16.5. The van der Waals surface area contributed by atoms with Gasteiger partial charge < -0.3 is 38.5 Å². The van der Waals surface area contributed by atoms with Gasteiger partial charge in [-0.25, -0.2) is 19.9 Å². The van der Waals surface area contributed by atoms with E-state index in [2.05, 4.69) is 31.7 Å². The van der Waals surface area contributed by atoms with Gasteiger partial charge in [0.25, 0.3) is 0 Å². The summed E-state index contributed by atoms with van der Waals surface area (Å²) in [4.78, 5) is 32.4. The Morgan fingerprint density at radius 2 is 0.900 bits per heavy atom. The summed E-state index contributed by atoms with van der Waals surface area (Å²) >= 11 is 6.18. The molecule has 260 valence electrons. The van der Waals surface area contributed by atoms with Crippen LogP contribution in [0.15, 0.2) is 18.0 Å². The molecule has 8 rings (SSSR count). The lowest BCUT2D eigenvalue weighted by Crippen LogP contribution is -2.37. The summed E-state index contributed by atoms with van der Waals surface area (Å²) in [6.45, 7) is 11.4. The molecule has 8 heterocycles. The Hall–Kier alpha value is -3.72. The van der Waals surface area contributed by atoms with Crippen molar-refractivity contribution in [3.05, 3.63) is 27.7 Å². The molecule has 0 amide bonds. The van der Waals surface area contributed by atoms with E-state index in [0.29, 0.717) is 58.4 Å². The number of hydrogen-bond donors (Lipinski definition) is 0. The van der Waals surface area contributed by atoms with Crippen molar-refractivity contribution in [1.29, 1.82) is 10.5 Å². The Morgan fingerprint density at radius 3 is 1.26 bits per heavy atom. The zero-order valence-electron chi connectivity index (χ0n) is 27.2. The molecule has 4 aliphatic heterocycles. The summed E-state index contributed by atoms with van der Waals surface area (Å²) in [6, 6.07) is 4.29. The van der Waals surface area contributed by atoms with Crippen molar-refractivity contribution in [2.45, 2.75) is 0 Å². The van der Waals surface area contributed by atoms with Crippen molar-refractivity contribution in [1.82, 2.24) is 19.9 Å². The van der Waals surface area contributed by atoms with Crippen molar-refractivity contribution in [2.24, 2.45) is 0 Å². The number of rotatable bonds is 8. The van der Waals surface area contributed by atoms with Crippen LogP contribution in [0.25, 0.3) is 25.3 Å². The molecule has 4 aromatic rings. The minimum absolute atomic E-state index is 0.0221. The lowest BCUT2D eigenvalue weighted by atomic mass is 10.1. The second-order valence-electron chi connectivity index (χ2n) is 11.7. The number of aromatic nitrogens is 4. The highest BCUT2D eigenvalue weighted by Gasteiger charge is 2.29. The number of morpholine rings is 4. The quantitative estimate of drug-likeness (QED) is 0.239. The van der Waals surface area contributed by atoms with Gasteiger partial charge in [0.05, 0.1) is 62.6 Å². The maximum absolute atomic E-state index is 10.1. The van der Waals surface area contributed by atoms with Gasteiger partial charge in [-0.2, -0.15) is 10.5 Å². The smallest absolute Gasteiger partial charge is 0.188 e. The Labute approximate surface area is 305 Å². The van der Waals surface area contributed by atoms with Crippen LogP contribution in [0.1, 0.15) is 9.75 Å². The molecule has 4 saturated heterocycles. The van der Waals surface area contributed by atoms with Gasteiger partial charge in [0.1, 0.15) is 37.5 Å². The maximum atomic E-state index is 10.1. The first-order valence-corrected chi connectivity index (χ1v) is 19.8. The number of nitrogens with zero attached hydrogens (tertiary/aromatic N) is 10. The van der Waals surface area contributed by atoms with E-state index in [0.717, 1.165) is 104 Å². The van der Waals surface area contributed by atoms with Gasteiger partial charge in [-0.3, -0.25) is 0 Å². The lowest BCUT2D eigenvalue weighted by molar-refractivity contribution is 0.122. The predicted molar refractivity (Wildman–Crippen MR) is 196 cm³/mol. The van der Waals surface area contributed by atoms with E-state index in [-0.39, 0.29) is 5.57 Å². The molecule has 0 saturated carbocycles. The molecule has 0 aromatic carbocycles. The van der Waals surface area contributed by atoms with Crippen LogP contribution >= 0.6 is 45.3 Å². The van der Waals surface area contributed by atoms with Crippen LogP contribution in [0.3, 0.4) is 0 Å². The Balaban J connectivity index is 1.15. The van der Waals surface area contributed by atoms with Gasteiger partial charge in [-0.15, -0.1) is 22.7 Å². The normalized spacial score (nSPS) is 18.6. The van der Waals surface area contributed by atoms with Crippen LogP contribution in [0, 0.1) is 22.7 Å². The Bertz CT molecular complexity index is 1780. The van der Waals surface area contributed by atoms with Gasteiger partial charge in [0, 0.05) is 70.3 Å². The van der Waals surface area contributed by atoms with Crippen molar-refractivity contribution in [2.75, 3.05) is 125 Å². The van der Waals surface area contributed by atoms with Crippen molar-refractivity contribution in [3.8, 4) is 31.9 Å². The lowest BCUT2D eigenvalue weighted by Gasteiger charge is -2.28. The number of ether oxygens (including phenoxy) is 4. The van der Waals surface area contributed by atoms with Crippen molar-refractivity contribution in [3.63, 3.8) is 0 Å². The molecule has 0 unspecified atom stereocenters. The van der Waals surface area contributed by atoms with E-state index in [1.807, 2.05) is 0 Å². The van der Waals surface area contributed by atoms with Crippen LogP contribution in [-0.4, -0.2) is 125 Å². The number of allylic oxidation sites excluding steroid dienone is 1. The number of hydrogen-bond acceptors (Lipinski definition) is 18. The van der Waals surface area contributed by atoms with E-state index in [9.17, 15) is 10.5 Å². The summed E-state index contributed by atoms with van der Waals surface area (Å²) < 4.78 is 22.5. The highest BCUT2D eigenvalue weighted by molar-refractivity contribution is 7.26. The van der Waals surface area contributed by atoms with Crippen molar-refractivity contribution < 1.29 is 18.9 Å². The molecule has 0 radical (unpaired) electrons. The highest BCUT2D eigenvalue weighted by atomic mass is 32.1. The second-order valence-corrected chi connectivity index (χ2v) is 15.7. The first-order chi connectivity index (χ1) is 24.7. The molecule has 4 fully saturated rings. The molecule has 4 aliphatic rings. The second kappa shape index (κ2) is 15.3. The molecule has 0 bridgehead atoms. The van der Waals surface area contributed by atoms with Gasteiger partial charge in [0.15, 0.2) is 21.9 Å². The molecule has 18 heteroatoms. The first kappa shape index (κ1) is 33.4. The monoisotopic (exact) mass is 750 g/mol. The summed E-state index contributed by atoms with van der Waals surface area (Å²) in [6.07, 6.45) is 3.53. The zero-order chi connectivity index (χ0) is 33.9. The molecule has 0 atom stereocenters. The summed E-state index contributed by atoms with van der Waals surface area (Å²) in [5.74, 6) is 1.79. The van der Waals surface area contributed by atoms with Gasteiger partial charge in [-0.1, -0.05) is 22.7 Å². The van der Waals surface area contributed by atoms with Gasteiger partial charge in [0.2, 0.25) is 0 Å². The van der Waals surface area contributed by atoms with E-state index < -0.39 is 0 Å². The Morgan fingerprint density at radius 1 is 0.540 bits per heavy atom. The van der Waals surface area contributed by atoms with E-state index >= 15 is 0 Å². The van der Waals surface area contributed by atoms with Crippen LogP contribution in [0.2, 0.25) is 0 Å². The largest absolute Gasteiger partial charge is 0.378 e. The van der Waals surface area contributed by atoms with Crippen molar-refractivity contribution >= 4 is 72.8 Å². The summed E-state index contributed by atoms with van der Waals surface area (Å²) in [5, 5.41) is 23.8. The topological polar surface area (TPSA) is 149 Å². The molecular formula is C32H34N10O4S4. The van der Waals surface area contributed by atoms with Gasteiger partial charge in [-0.05, 0) is 0 Å². The van der Waals surface area contributed by atoms with Crippen LogP contribution in [-0.2, 0) is 18.9 Å². The molecule has 0 N–H and O–H groups in total. The molecule has 14 nitrogen and oxygen atoms in total. The fourth-order valence-corrected chi connectivity index (χ4v) is 10.6. The van der Waals surface area contributed by atoms with Crippen LogP contribution in [0.5, 0.6) is 0 Å². The fourth-order valence-electron chi connectivity index (χ4n) is 6.13. The van der Waals surface area contributed by atoms with Crippen LogP contribution in [0.4, 0.5) is 21.9 Å². The molecular weight excluding hydrogens is 717 g/mol. The third-order valence-electron chi connectivity index (χ3n) is 8.75. The number of anilines is 4. The third-order valence-corrected chi connectivity index (χ3v) is 13.3. The zero-order valence-corrected chi connectivity index (χ0v) is 30.5. The standard InChI is InChI=1S/C32H34N10O4S4/c33-17-21(18-34)24(22-19-35-29(47-22)25-27(39-1-9-43-10-2-39)37-31(49-25)41-5-13-45-14-6-41)23-20-36-30(48-23)26-28(40-3-11-44-12-4-40)38-32(50-26)42-7-15-46-16-8-42/h19-20H,1-16H2. The van der Waals surface area contributed by atoms with Gasteiger partial charge >= 0.3 is 0 Å². The number of nitriles is 2. The minimum atomic E-state index is 0.0221. The fraction of sp³-hybridized carbons (Fsp3) is 0.500. The minimum Gasteiger partial charge on any atom is -0.378 e. The molecule has 0 aliphatic carbocycles. The van der Waals surface area contributed by atoms with Crippen LogP contribution < -0.4 is 19.6 Å². The average molecular weight is 751 g/mol. The predicted octanol–water partition coefficient (Wildman–Crippen LogP) is 4.04. The third kappa shape index (κ3) is 6.82. The summed E-state index contributed by atoms with van der Waals surface area (Å²) in [5.41, 5.74) is 0.563. The number of thiazole rings is 4. The summed E-state index contributed by atoms with van der Waals surface area (Å²) in [7, 11) is 0. The Kier molecular flexibility index (Phi) is 10.2. The molecule has 50 heavy (non-hydrogen) atoms. The SMILES string of the molecule is N#CC(C#N)=C(c1cnc(-c2sc(N3CCOCC3)nc2N2CCOCC2)s1)c1cnc(-c2sc(N3CCOCC3)nc2N2CCOCC2)s1. The van der Waals surface area contributed by atoms with E-state index in [1.165, 1.54) is 22.7 Å².